The second-order valence-electron chi connectivity index (χ2n) is 6.12. The molecule has 0 radical (unpaired) electrons. The molecule has 3 rings (SSSR count). The van der Waals surface area contributed by atoms with Crippen molar-refractivity contribution in [3.05, 3.63) is 70.5 Å². The maximum Gasteiger partial charge on any atom is 0.123 e. The Kier molecular flexibility index (Phi) is 4.07. The van der Waals surface area contributed by atoms with E-state index in [-0.39, 0.29) is 5.82 Å². The summed E-state index contributed by atoms with van der Waals surface area (Å²) in [5.41, 5.74) is 5.01. The number of rotatable bonds is 2. The van der Waals surface area contributed by atoms with Crippen LogP contribution in [0.4, 0.5) is 4.39 Å². The van der Waals surface area contributed by atoms with Crippen molar-refractivity contribution in [2.75, 3.05) is 13.1 Å². The first kappa shape index (κ1) is 14.3. The molecule has 1 N–H and O–H groups in total. The Morgan fingerprint density at radius 3 is 2.71 bits per heavy atom. The van der Waals surface area contributed by atoms with Gasteiger partial charge in [-0.05, 0) is 61.6 Å². The zero-order valence-corrected chi connectivity index (χ0v) is 12.7. The van der Waals surface area contributed by atoms with E-state index in [0.29, 0.717) is 11.8 Å². The summed E-state index contributed by atoms with van der Waals surface area (Å²) >= 11 is 0. The zero-order valence-electron chi connectivity index (χ0n) is 12.7. The van der Waals surface area contributed by atoms with Crippen LogP contribution >= 0.6 is 0 Å². The Morgan fingerprint density at radius 1 is 1.05 bits per heavy atom. The molecule has 0 bridgehead atoms. The molecule has 1 heterocycles. The second-order valence-corrected chi connectivity index (χ2v) is 6.12. The summed E-state index contributed by atoms with van der Waals surface area (Å²) in [4.78, 5) is 0. The Morgan fingerprint density at radius 2 is 1.90 bits per heavy atom. The van der Waals surface area contributed by atoms with Gasteiger partial charge >= 0.3 is 0 Å². The Hall–Kier alpha value is -1.67. The van der Waals surface area contributed by atoms with E-state index >= 15 is 0 Å². The lowest BCUT2D eigenvalue weighted by Crippen LogP contribution is -2.34. The minimum Gasteiger partial charge on any atom is -0.316 e. The van der Waals surface area contributed by atoms with E-state index in [0.717, 1.165) is 19.5 Å². The summed E-state index contributed by atoms with van der Waals surface area (Å²) in [7, 11) is 0. The topological polar surface area (TPSA) is 12.0 Å². The standard InChI is InChI=1S/C19H22FN/c1-13-4-3-5-15(10-13)19-12-21-9-8-17(19)18-11-16(20)7-6-14(18)2/h3-7,10-11,17,19,21H,8-9,12H2,1-2H3. The molecule has 110 valence electrons. The molecule has 1 aliphatic rings. The van der Waals surface area contributed by atoms with Gasteiger partial charge in [-0.25, -0.2) is 4.39 Å². The molecule has 0 amide bonds. The van der Waals surface area contributed by atoms with Crippen LogP contribution in [0.25, 0.3) is 0 Å². The van der Waals surface area contributed by atoms with Crippen molar-refractivity contribution in [1.82, 2.24) is 5.32 Å². The summed E-state index contributed by atoms with van der Waals surface area (Å²) in [6.07, 6.45) is 1.06. The molecular weight excluding hydrogens is 261 g/mol. The highest BCUT2D eigenvalue weighted by Gasteiger charge is 2.28. The van der Waals surface area contributed by atoms with Gasteiger partial charge in [0.25, 0.3) is 0 Å². The average molecular weight is 283 g/mol. The van der Waals surface area contributed by atoms with Gasteiger partial charge in [-0.1, -0.05) is 35.9 Å². The maximum atomic E-state index is 13.7. The summed E-state index contributed by atoms with van der Waals surface area (Å²) < 4.78 is 13.7. The highest BCUT2D eigenvalue weighted by Crippen LogP contribution is 2.39. The molecule has 0 aliphatic carbocycles. The van der Waals surface area contributed by atoms with E-state index in [1.54, 1.807) is 12.1 Å². The lowest BCUT2D eigenvalue weighted by molar-refractivity contribution is 0.402. The number of benzene rings is 2. The second kappa shape index (κ2) is 5.98. The van der Waals surface area contributed by atoms with Crippen molar-refractivity contribution in [2.24, 2.45) is 0 Å². The summed E-state index contributed by atoms with van der Waals surface area (Å²) in [5, 5.41) is 3.49. The molecule has 1 fully saturated rings. The van der Waals surface area contributed by atoms with E-state index in [9.17, 15) is 4.39 Å². The molecule has 2 aromatic rings. The number of halogens is 1. The van der Waals surface area contributed by atoms with Crippen molar-refractivity contribution in [1.29, 1.82) is 0 Å². The van der Waals surface area contributed by atoms with E-state index in [2.05, 4.69) is 43.4 Å². The van der Waals surface area contributed by atoms with Gasteiger partial charge in [-0.3, -0.25) is 0 Å². The van der Waals surface area contributed by atoms with Gasteiger partial charge in [0, 0.05) is 12.5 Å². The molecule has 2 aromatic carbocycles. The van der Waals surface area contributed by atoms with Crippen molar-refractivity contribution in [3.8, 4) is 0 Å². The maximum absolute atomic E-state index is 13.7. The highest BCUT2D eigenvalue weighted by molar-refractivity contribution is 5.36. The summed E-state index contributed by atoms with van der Waals surface area (Å²) in [6.45, 7) is 6.18. The van der Waals surface area contributed by atoms with E-state index in [1.807, 2.05) is 6.07 Å². The third kappa shape index (κ3) is 3.01. The van der Waals surface area contributed by atoms with Gasteiger partial charge in [-0.2, -0.15) is 0 Å². The van der Waals surface area contributed by atoms with Crippen LogP contribution in [0.3, 0.4) is 0 Å². The van der Waals surface area contributed by atoms with Crippen LogP contribution in [0.5, 0.6) is 0 Å². The number of nitrogens with one attached hydrogen (secondary N) is 1. The molecule has 2 heteroatoms. The Bertz CT molecular complexity index is 635. The molecular formula is C19H22FN. The lowest BCUT2D eigenvalue weighted by atomic mass is 9.76. The van der Waals surface area contributed by atoms with Crippen molar-refractivity contribution in [2.45, 2.75) is 32.1 Å². The fourth-order valence-corrected chi connectivity index (χ4v) is 3.49. The fraction of sp³-hybridized carbons (Fsp3) is 0.368. The van der Waals surface area contributed by atoms with Crippen LogP contribution < -0.4 is 5.32 Å². The normalized spacial score (nSPS) is 22.2. The number of hydrogen-bond donors (Lipinski definition) is 1. The van der Waals surface area contributed by atoms with Crippen LogP contribution in [0.2, 0.25) is 0 Å². The van der Waals surface area contributed by atoms with E-state index < -0.39 is 0 Å². The molecule has 2 atom stereocenters. The predicted molar refractivity (Wildman–Crippen MR) is 85.3 cm³/mol. The smallest absolute Gasteiger partial charge is 0.123 e. The molecule has 0 aromatic heterocycles. The van der Waals surface area contributed by atoms with Gasteiger partial charge in [-0.15, -0.1) is 0 Å². The van der Waals surface area contributed by atoms with Crippen molar-refractivity contribution >= 4 is 0 Å². The molecule has 0 spiro atoms. The van der Waals surface area contributed by atoms with Gasteiger partial charge in [0.1, 0.15) is 5.82 Å². The number of aryl methyl sites for hydroxylation is 2. The molecule has 0 saturated carbocycles. The Labute approximate surface area is 126 Å². The van der Waals surface area contributed by atoms with Crippen LogP contribution in [0.15, 0.2) is 42.5 Å². The molecule has 2 unspecified atom stereocenters. The molecule has 1 nitrogen and oxygen atoms in total. The summed E-state index contributed by atoms with van der Waals surface area (Å²) in [6, 6.07) is 13.9. The fourth-order valence-electron chi connectivity index (χ4n) is 3.49. The number of piperidine rings is 1. The third-order valence-electron chi connectivity index (χ3n) is 4.59. The molecule has 21 heavy (non-hydrogen) atoms. The van der Waals surface area contributed by atoms with Gasteiger partial charge in [0.2, 0.25) is 0 Å². The number of hydrogen-bond acceptors (Lipinski definition) is 1. The van der Waals surface area contributed by atoms with Crippen molar-refractivity contribution in [3.63, 3.8) is 0 Å². The first-order chi connectivity index (χ1) is 10.1. The van der Waals surface area contributed by atoms with Crippen LogP contribution in [0.1, 0.15) is 40.5 Å². The minimum atomic E-state index is -0.128. The van der Waals surface area contributed by atoms with E-state index in [1.165, 1.54) is 22.3 Å². The van der Waals surface area contributed by atoms with E-state index in [4.69, 9.17) is 0 Å². The highest BCUT2D eigenvalue weighted by atomic mass is 19.1. The van der Waals surface area contributed by atoms with Crippen LogP contribution in [0, 0.1) is 19.7 Å². The summed E-state index contributed by atoms with van der Waals surface area (Å²) in [5.74, 6) is 0.681. The first-order valence-corrected chi connectivity index (χ1v) is 7.68. The Balaban J connectivity index is 2.00. The van der Waals surface area contributed by atoms with Gasteiger partial charge in [0.15, 0.2) is 0 Å². The van der Waals surface area contributed by atoms with Crippen LogP contribution in [-0.2, 0) is 0 Å². The minimum absolute atomic E-state index is 0.128. The van der Waals surface area contributed by atoms with Gasteiger partial charge in [0.05, 0.1) is 0 Å². The zero-order chi connectivity index (χ0) is 14.8. The SMILES string of the molecule is Cc1cccc(C2CNCCC2c2cc(F)ccc2C)c1. The van der Waals surface area contributed by atoms with Crippen molar-refractivity contribution < 1.29 is 4.39 Å². The lowest BCUT2D eigenvalue weighted by Gasteiger charge is -2.34. The molecule has 1 saturated heterocycles. The van der Waals surface area contributed by atoms with Crippen LogP contribution in [-0.4, -0.2) is 13.1 Å². The van der Waals surface area contributed by atoms with Gasteiger partial charge < -0.3 is 5.32 Å². The molecule has 1 aliphatic heterocycles. The monoisotopic (exact) mass is 283 g/mol. The largest absolute Gasteiger partial charge is 0.316 e. The third-order valence-corrected chi connectivity index (χ3v) is 4.59. The predicted octanol–water partition coefficient (Wildman–Crippen LogP) is 4.30. The quantitative estimate of drug-likeness (QED) is 0.866. The first-order valence-electron chi connectivity index (χ1n) is 7.68. The average Bonchev–Trinajstić information content (AvgIpc) is 2.50.